The number of carbonyl (C=O) groups excluding carboxylic acids is 1. The van der Waals surface area contributed by atoms with E-state index in [0.29, 0.717) is 0 Å². The average Bonchev–Trinajstić information content (AvgIpc) is 2.61. The first kappa shape index (κ1) is 9.06. The summed E-state index contributed by atoms with van der Waals surface area (Å²) in [7, 11) is 1.65. The van der Waals surface area contributed by atoms with Crippen molar-refractivity contribution in [2.45, 2.75) is 18.9 Å². The Kier molecular flexibility index (Phi) is 2.39. The number of hydrogen-bond donors (Lipinski definition) is 1. The van der Waals surface area contributed by atoms with Gasteiger partial charge < -0.3 is 10.1 Å². The third kappa shape index (κ3) is 1.45. The highest BCUT2D eigenvalue weighted by atomic mass is 16.5. The molecule has 0 aliphatic heterocycles. The second-order valence-electron chi connectivity index (χ2n) is 3.44. The van der Waals surface area contributed by atoms with E-state index in [2.05, 4.69) is 11.4 Å². The molecule has 0 saturated carbocycles. The summed E-state index contributed by atoms with van der Waals surface area (Å²) in [6.07, 6.45) is 2.78. The molecule has 0 aromatic heterocycles. The lowest BCUT2D eigenvalue weighted by molar-refractivity contribution is -0.110. The van der Waals surface area contributed by atoms with Gasteiger partial charge >= 0.3 is 0 Å². The van der Waals surface area contributed by atoms with Crippen LogP contribution in [0.2, 0.25) is 0 Å². The maximum atomic E-state index is 10.4. The standard InChI is InChI=1S/C11H13NO2/c1-14-9-4-2-8-3-5-11(12-7-13)10(8)6-9/h2,4,6-7,11H,3,5H2,1H3,(H,12,13). The van der Waals surface area contributed by atoms with Crippen LogP contribution >= 0.6 is 0 Å². The van der Waals surface area contributed by atoms with Crippen molar-refractivity contribution in [3.63, 3.8) is 0 Å². The van der Waals surface area contributed by atoms with Gasteiger partial charge in [-0.2, -0.15) is 0 Å². The highest BCUT2D eigenvalue weighted by Crippen LogP contribution is 2.33. The number of ether oxygens (including phenoxy) is 1. The van der Waals surface area contributed by atoms with E-state index >= 15 is 0 Å². The Morgan fingerprint density at radius 1 is 1.57 bits per heavy atom. The van der Waals surface area contributed by atoms with Crippen LogP contribution in [0.5, 0.6) is 5.75 Å². The number of amides is 1. The summed E-state index contributed by atoms with van der Waals surface area (Å²) >= 11 is 0. The third-order valence-electron chi connectivity index (χ3n) is 2.70. The van der Waals surface area contributed by atoms with E-state index < -0.39 is 0 Å². The normalized spacial score (nSPS) is 18.8. The second-order valence-corrected chi connectivity index (χ2v) is 3.44. The number of aryl methyl sites for hydroxylation is 1. The molecule has 0 fully saturated rings. The summed E-state index contributed by atoms with van der Waals surface area (Å²) in [6, 6.07) is 6.20. The molecule has 0 spiro atoms. The Morgan fingerprint density at radius 3 is 3.14 bits per heavy atom. The number of rotatable bonds is 3. The van der Waals surface area contributed by atoms with E-state index in [4.69, 9.17) is 4.74 Å². The molecule has 1 unspecified atom stereocenters. The molecule has 0 saturated heterocycles. The van der Waals surface area contributed by atoms with Crippen LogP contribution in [0.15, 0.2) is 18.2 Å². The first-order valence-electron chi connectivity index (χ1n) is 4.71. The predicted octanol–water partition coefficient (Wildman–Crippen LogP) is 1.43. The van der Waals surface area contributed by atoms with Crippen molar-refractivity contribution in [1.29, 1.82) is 0 Å². The third-order valence-corrected chi connectivity index (χ3v) is 2.70. The van der Waals surface area contributed by atoms with Crippen LogP contribution in [-0.2, 0) is 11.2 Å². The summed E-state index contributed by atoms with van der Waals surface area (Å²) in [6.45, 7) is 0. The maximum absolute atomic E-state index is 10.4. The summed E-state index contributed by atoms with van der Waals surface area (Å²) in [5.41, 5.74) is 2.50. The fourth-order valence-corrected chi connectivity index (χ4v) is 1.96. The summed E-state index contributed by atoms with van der Waals surface area (Å²) < 4.78 is 5.15. The molecule has 3 heteroatoms. The number of carbonyl (C=O) groups is 1. The lowest BCUT2D eigenvalue weighted by Gasteiger charge is -2.10. The zero-order valence-corrected chi connectivity index (χ0v) is 8.12. The van der Waals surface area contributed by atoms with Crippen LogP contribution < -0.4 is 10.1 Å². The molecular formula is C11H13NO2. The topological polar surface area (TPSA) is 38.3 Å². The molecule has 1 aliphatic rings. The Labute approximate surface area is 83.1 Å². The van der Waals surface area contributed by atoms with Gasteiger partial charge in [0.25, 0.3) is 0 Å². The Balaban J connectivity index is 2.31. The largest absolute Gasteiger partial charge is 0.497 e. The molecule has 0 radical (unpaired) electrons. The molecule has 0 bridgehead atoms. The molecule has 1 N–H and O–H groups in total. The number of nitrogens with one attached hydrogen (secondary N) is 1. The van der Waals surface area contributed by atoms with Gasteiger partial charge in [-0.1, -0.05) is 6.07 Å². The van der Waals surface area contributed by atoms with E-state index in [0.717, 1.165) is 25.0 Å². The van der Waals surface area contributed by atoms with Crippen molar-refractivity contribution in [2.24, 2.45) is 0 Å². The Hall–Kier alpha value is -1.51. The van der Waals surface area contributed by atoms with Crippen molar-refractivity contribution in [3.05, 3.63) is 29.3 Å². The number of fused-ring (bicyclic) bond motifs is 1. The molecule has 1 atom stereocenters. The fourth-order valence-electron chi connectivity index (χ4n) is 1.96. The van der Waals surface area contributed by atoms with Gasteiger partial charge in [-0.3, -0.25) is 4.79 Å². The molecule has 14 heavy (non-hydrogen) atoms. The van der Waals surface area contributed by atoms with Crippen LogP contribution in [0.4, 0.5) is 0 Å². The minimum absolute atomic E-state index is 0.164. The Bertz CT molecular complexity index is 349. The zero-order chi connectivity index (χ0) is 9.97. The highest BCUT2D eigenvalue weighted by Gasteiger charge is 2.21. The minimum atomic E-state index is 0.164. The van der Waals surface area contributed by atoms with E-state index in [1.165, 1.54) is 11.1 Å². The molecule has 0 heterocycles. The molecule has 1 aliphatic carbocycles. The van der Waals surface area contributed by atoms with Gasteiger partial charge in [-0.15, -0.1) is 0 Å². The van der Waals surface area contributed by atoms with Gasteiger partial charge in [0, 0.05) is 0 Å². The molecule has 2 rings (SSSR count). The van der Waals surface area contributed by atoms with E-state index in [-0.39, 0.29) is 6.04 Å². The van der Waals surface area contributed by atoms with Gasteiger partial charge in [-0.25, -0.2) is 0 Å². The molecule has 1 amide bonds. The van der Waals surface area contributed by atoms with E-state index in [1.54, 1.807) is 7.11 Å². The lowest BCUT2D eigenvalue weighted by Crippen LogP contribution is -2.16. The first-order chi connectivity index (χ1) is 6.85. The van der Waals surface area contributed by atoms with Crippen molar-refractivity contribution >= 4 is 6.41 Å². The van der Waals surface area contributed by atoms with Gasteiger partial charge in [0.2, 0.25) is 6.41 Å². The average molecular weight is 191 g/mol. The van der Waals surface area contributed by atoms with Crippen LogP contribution in [0.25, 0.3) is 0 Å². The van der Waals surface area contributed by atoms with Crippen LogP contribution in [0, 0.1) is 0 Å². The van der Waals surface area contributed by atoms with Crippen molar-refractivity contribution < 1.29 is 9.53 Å². The predicted molar refractivity (Wildman–Crippen MR) is 53.3 cm³/mol. The molecule has 1 aromatic rings. The summed E-state index contributed by atoms with van der Waals surface area (Å²) in [5, 5.41) is 2.82. The molecule has 3 nitrogen and oxygen atoms in total. The highest BCUT2D eigenvalue weighted by molar-refractivity contribution is 5.50. The number of methoxy groups -OCH3 is 1. The number of hydrogen-bond acceptors (Lipinski definition) is 2. The van der Waals surface area contributed by atoms with E-state index in [9.17, 15) is 4.79 Å². The molecule has 74 valence electrons. The van der Waals surface area contributed by atoms with Crippen molar-refractivity contribution in [3.8, 4) is 5.75 Å². The van der Waals surface area contributed by atoms with Gasteiger partial charge in [0.1, 0.15) is 5.75 Å². The SMILES string of the molecule is COc1ccc2c(c1)C(NC=O)CC2. The molecule has 1 aromatic carbocycles. The van der Waals surface area contributed by atoms with E-state index in [1.807, 2.05) is 12.1 Å². The second kappa shape index (κ2) is 3.70. The van der Waals surface area contributed by atoms with Gasteiger partial charge in [-0.05, 0) is 36.1 Å². The Morgan fingerprint density at radius 2 is 2.43 bits per heavy atom. The first-order valence-corrected chi connectivity index (χ1v) is 4.71. The monoisotopic (exact) mass is 191 g/mol. The zero-order valence-electron chi connectivity index (χ0n) is 8.12. The summed E-state index contributed by atoms with van der Waals surface area (Å²) in [4.78, 5) is 10.4. The quantitative estimate of drug-likeness (QED) is 0.734. The molecular weight excluding hydrogens is 178 g/mol. The lowest BCUT2D eigenvalue weighted by atomic mass is 10.1. The fraction of sp³-hybridized carbons (Fsp3) is 0.364. The summed E-state index contributed by atoms with van der Waals surface area (Å²) in [5.74, 6) is 0.850. The minimum Gasteiger partial charge on any atom is -0.497 e. The maximum Gasteiger partial charge on any atom is 0.207 e. The number of benzene rings is 1. The van der Waals surface area contributed by atoms with Crippen LogP contribution in [0.1, 0.15) is 23.6 Å². The van der Waals surface area contributed by atoms with Crippen LogP contribution in [-0.4, -0.2) is 13.5 Å². The van der Waals surface area contributed by atoms with Crippen LogP contribution in [0.3, 0.4) is 0 Å². The van der Waals surface area contributed by atoms with Crippen molar-refractivity contribution in [2.75, 3.05) is 7.11 Å². The van der Waals surface area contributed by atoms with Gasteiger partial charge in [0.05, 0.1) is 13.2 Å². The smallest absolute Gasteiger partial charge is 0.207 e. The van der Waals surface area contributed by atoms with Gasteiger partial charge in [0.15, 0.2) is 0 Å². The van der Waals surface area contributed by atoms with Crippen molar-refractivity contribution in [1.82, 2.24) is 5.32 Å².